The van der Waals surface area contributed by atoms with Crippen LogP contribution in [-0.4, -0.2) is 18.3 Å². The van der Waals surface area contributed by atoms with Crippen molar-refractivity contribution in [3.63, 3.8) is 0 Å². The van der Waals surface area contributed by atoms with E-state index >= 15 is 0 Å². The van der Waals surface area contributed by atoms with E-state index in [9.17, 15) is 5.11 Å². The van der Waals surface area contributed by atoms with Crippen molar-refractivity contribution in [3.8, 4) is 5.75 Å². The van der Waals surface area contributed by atoms with Crippen LogP contribution in [0.15, 0.2) is 22.7 Å². The molecule has 0 bridgehead atoms. The second kappa shape index (κ2) is 6.70. The third-order valence-electron chi connectivity index (χ3n) is 4.89. The van der Waals surface area contributed by atoms with Gasteiger partial charge in [0.1, 0.15) is 5.75 Å². The van der Waals surface area contributed by atoms with Crippen LogP contribution < -0.4 is 4.74 Å². The van der Waals surface area contributed by atoms with Crippen LogP contribution in [0.25, 0.3) is 0 Å². The molecular weight excluding hydrogens is 328 g/mol. The maximum absolute atomic E-state index is 10.4. The van der Waals surface area contributed by atoms with E-state index in [-0.39, 0.29) is 6.10 Å². The lowest BCUT2D eigenvalue weighted by Gasteiger charge is -2.40. The Bertz CT molecular complexity index is 479. The second-order valence-corrected chi connectivity index (χ2v) is 8.28. The molecule has 21 heavy (non-hydrogen) atoms. The summed E-state index contributed by atoms with van der Waals surface area (Å²) in [5.74, 6) is 1.93. The Hall–Kier alpha value is -0.540. The van der Waals surface area contributed by atoms with Crippen molar-refractivity contribution in [3.05, 3.63) is 28.2 Å². The van der Waals surface area contributed by atoms with Gasteiger partial charge in [-0.15, -0.1) is 0 Å². The Morgan fingerprint density at radius 1 is 1.29 bits per heavy atom. The molecule has 0 heterocycles. The average molecular weight is 355 g/mol. The van der Waals surface area contributed by atoms with Crippen molar-refractivity contribution in [1.29, 1.82) is 0 Å². The van der Waals surface area contributed by atoms with Gasteiger partial charge in [0.05, 0.1) is 13.2 Å². The lowest BCUT2D eigenvalue weighted by molar-refractivity contribution is 0.0194. The predicted molar refractivity (Wildman–Crippen MR) is 90.7 cm³/mol. The van der Waals surface area contributed by atoms with Crippen molar-refractivity contribution >= 4 is 15.9 Å². The van der Waals surface area contributed by atoms with E-state index in [0.717, 1.165) is 35.9 Å². The van der Waals surface area contributed by atoms with Crippen LogP contribution in [0.5, 0.6) is 5.75 Å². The Kier molecular flexibility index (Phi) is 5.37. The van der Waals surface area contributed by atoms with Crippen molar-refractivity contribution in [2.75, 3.05) is 7.11 Å². The number of methoxy groups -OCH3 is 1. The van der Waals surface area contributed by atoms with E-state index in [4.69, 9.17) is 4.74 Å². The first kappa shape index (κ1) is 16.8. The highest BCUT2D eigenvalue weighted by Gasteiger charge is 2.35. The fraction of sp³-hybridized carbons (Fsp3) is 0.667. The molecule has 0 saturated heterocycles. The van der Waals surface area contributed by atoms with Gasteiger partial charge in [0.25, 0.3) is 0 Å². The third kappa shape index (κ3) is 4.23. The van der Waals surface area contributed by atoms with Gasteiger partial charge in [-0.25, -0.2) is 0 Å². The topological polar surface area (TPSA) is 29.5 Å². The maximum Gasteiger partial charge on any atom is 0.122 e. The number of hydrogen-bond donors (Lipinski definition) is 1. The molecule has 1 aliphatic carbocycles. The first-order valence-corrected chi connectivity index (χ1v) is 8.61. The van der Waals surface area contributed by atoms with Crippen LogP contribution in [0.1, 0.15) is 45.6 Å². The van der Waals surface area contributed by atoms with Crippen LogP contribution >= 0.6 is 15.9 Å². The number of rotatable bonds is 3. The Balaban J connectivity index is 2.15. The van der Waals surface area contributed by atoms with Gasteiger partial charge in [0.15, 0.2) is 0 Å². The largest absolute Gasteiger partial charge is 0.496 e. The van der Waals surface area contributed by atoms with Gasteiger partial charge in [0.2, 0.25) is 0 Å². The minimum Gasteiger partial charge on any atom is -0.496 e. The Morgan fingerprint density at radius 3 is 2.62 bits per heavy atom. The summed E-state index contributed by atoms with van der Waals surface area (Å²) in [6, 6.07) is 6.11. The normalized spacial score (nSPS) is 26.7. The molecule has 0 aromatic heterocycles. The fourth-order valence-electron chi connectivity index (χ4n) is 3.44. The van der Waals surface area contributed by atoms with Crippen molar-refractivity contribution in [2.24, 2.45) is 17.3 Å². The number of ether oxygens (including phenoxy) is 1. The highest BCUT2D eigenvalue weighted by Crippen LogP contribution is 2.42. The predicted octanol–water partition coefficient (Wildman–Crippen LogP) is 4.82. The molecule has 1 aromatic rings. The minimum absolute atomic E-state index is 0.188. The fourth-order valence-corrected chi connectivity index (χ4v) is 3.85. The highest BCUT2D eigenvalue weighted by molar-refractivity contribution is 9.10. The molecule has 2 rings (SSSR count). The number of benzene rings is 1. The molecule has 1 aromatic carbocycles. The summed E-state index contributed by atoms with van der Waals surface area (Å²) in [5, 5.41) is 10.4. The first-order chi connectivity index (χ1) is 9.81. The van der Waals surface area contributed by atoms with E-state index < -0.39 is 0 Å². The molecule has 1 N–H and O–H groups in total. The van der Waals surface area contributed by atoms with E-state index in [2.05, 4.69) is 42.8 Å². The molecule has 3 atom stereocenters. The van der Waals surface area contributed by atoms with Gasteiger partial charge in [-0.1, -0.05) is 36.7 Å². The number of aliphatic hydroxyl groups excluding tert-OH is 1. The zero-order valence-corrected chi connectivity index (χ0v) is 15.1. The summed E-state index contributed by atoms with van der Waals surface area (Å²) in [6.45, 7) is 6.93. The summed E-state index contributed by atoms with van der Waals surface area (Å²) in [7, 11) is 1.71. The number of hydrogen-bond acceptors (Lipinski definition) is 2. The van der Waals surface area contributed by atoms with Crippen molar-refractivity contribution < 1.29 is 9.84 Å². The average Bonchev–Trinajstić information content (AvgIpc) is 2.40. The molecular formula is C18H27BrO2. The quantitative estimate of drug-likeness (QED) is 0.842. The van der Waals surface area contributed by atoms with Gasteiger partial charge < -0.3 is 9.84 Å². The molecule has 0 spiro atoms. The van der Waals surface area contributed by atoms with Crippen LogP contribution in [-0.2, 0) is 6.42 Å². The van der Waals surface area contributed by atoms with Gasteiger partial charge in [-0.05, 0) is 66.7 Å². The summed E-state index contributed by atoms with van der Waals surface area (Å²) < 4.78 is 6.53. The molecule has 2 nitrogen and oxygen atoms in total. The number of aliphatic hydroxyl groups is 1. The zero-order chi connectivity index (χ0) is 15.6. The van der Waals surface area contributed by atoms with Crippen LogP contribution in [0.2, 0.25) is 0 Å². The molecule has 3 unspecified atom stereocenters. The Morgan fingerprint density at radius 2 is 2.00 bits per heavy atom. The van der Waals surface area contributed by atoms with E-state index in [0.29, 0.717) is 17.3 Å². The maximum atomic E-state index is 10.4. The Labute approximate surface area is 137 Å². The van der Waals surface area contributed by atoms with Gasteiger partial charge in [0, 0.05) is 4.47 Å². The van der Waals surface area contributed by atoms with Crippen LogP contribution in [0, 0.1) is 17.3 Å². The van der Waals surface area contributed by atoms with Gasteiger partial charge in [-0.3, -0.25) is 0 Å². The number of halogens is 1. The molecule has 0 aliphatic heterocycles. The van der Waals surface area contributed by atoms with E-state index in [1.165, 1.54) is 5.56 Å². The molecule has 0 amide bonds. The molecule has 3 heteroatoms. The summed E-state index contributed by atoms with van der Waals surface area (Å²) >= 11 is 3.53. The van der Waals surface area contributed by atoms with Gasteiger partial charge >= 0.3 is 0 Å². The van der Waals surface area contributed by atoms with Crippen molar-refractivity contribution in [2.45, 2.75) is 52.6 Å². The summed E-state index contributed by atoms with van der Waals surface area (Å²) in [5.41, 5.74) is 1.50. The lowest BCUT2D eigenvalue weighted by atomic mass is 9.67. The molecule has 1 saturated carbocycles. The molecule has 1 fully saturated rings. The van der Waals surface area contributed by atoms with E-state index in [1.807, 2.05) is 12.1 Å². The highest BCUT2D eigenvalue weighted by atomic mass is 79.9. The first-order valence-electron chi connectivity index (χ1n) is 7.81. The van der Waals surface area contributed by atoms with E-state index in [1.54, 1.807) is 7.11 Å². The lowest BCUT2D eigenvalue weighted by Crippen LogP contribution is -2.35. The summed E-state index contributed by atoms with van der Waals surface area (Å²) in [6.07, 6.45) is 3.85. The summed E-state index contributed by atoms with van der Waals surface area (Å²) in [4.78, 5) is 0. The van der Waals surface area contributed by atoms with Crippen LogP contribution in [0.4, 0.5) is 0 Å². The smallest absolute Gasteiger partial charge is 0.122 e. The zero-order valence-electron chi connectivity index (χ0n) is 13.5. The standard InChI is InChI=1S/C18H27BrO2/c1-18(2,3)14-5-7-16(20)12(10-14)9-13-11-15(19)6-8-17(13)21-4/h6,8,11-12,14,16,20H,5,7,9-10H2,1-4H3. The van der Waals surface area contributed by atoms with Crippen LogP contribution in [0.3, 0.4) is 0 Å². The molecule has 0 radical (unpaired) electrons. The molecule has 118 valence electrons. The third-order valence-corrected chi connectivity index (χ3v) is 5.38. The minimum atomic E-state index is -0.188. The molecule has 1 aliphatic rings. The monoisotopic (exact) mass is 354 g/mol. The van der Waals surface area contributed by atoms with Gasteiger partial charge in [-0.2, -0.15) is 0 Å². The van der Waals surface area contributed by atoms with Crippen molar-refractivity contribution in [1.82, 2.24) is 0 Å². The second-order valence-electron chi connectivity index (χ2n) is 7.36. The SMILES string of the molecule is COc1ccc(Br)cc1CC1CC(C(C)(C)C)CCC1O.